The molecule has 0 fully saturated rings. The molecular weight excluding hydrogens is 206 g/mol. The highest BCUT2D eigenvalue weighted by Crippen LogP contribution is 2.33. The molecule has 0 saturated heterocycles. The van der Waals surface area contributed by atoms with Crippen molar-refractivity contribution in [2.75, 3.05) is 0 Å². The fraction of sp³-hybridized carbons (Fsp3) is 0.625. The van der Waals surface area contributed by atoms with Crippen molar-refractivity contribution in [3.05, 3.63) is 35.9 Å². The van der Waals surface area contributed by atoms with Crippen LogP contribution in [0.4, 0.5) is 0 Å². The van der Waals surface area contributed by atoms with E-state index in [4.69, 9.17) is 0 Å². The molecule has 0 amide bonds. The van der Waals surface area contributed by atoms with Crippen molar-refractivity contribution in [1.82, 2.24) is 5.32 Å². The lowest BCUT2D eigenvalue weighted by Gasteiger charge is -2.35. The van der Waals surface area contributed by atoms with Gasteiger partial charge in [0.2, 0.25) is 0 Å². The zero-order valence-electron chi connectivity index (χ0n) is 12.1. The van der Waals surface area contributed by atoms with Crippen LogP contribution in [0.3, 0.4) is 0 Å². The van der Waals surface area contributed by atoms with Gasteiger partial charge in [0.15, 0.2) is 0 Å². The van der Waals surface area contributed by atoms with E-state index in [0.29, 0.717) is 18.0 Å². The molecule has 2 unspecified atom stereocenters. The first-order valence-electron chi connectivity index (χ1n) is 6.63. The zero-order valence-corrected chi connectivity index (χ0v) is 12.1. The number of hydrogen-bond donors (Lipinski definition) is 1. The van der Waals surface area contributed by atoms with Gasteiger partial charge in [0, 0.05) is 12.1 Å². The molecule has 1 rings (SSSR count). The maximum atomic E-state index is 3.77. The molecule has 0 saturated carbocycles. The molecule has 2 atom stereocenters. The summed E-state index contributed by atoms with van der Waals surface area (Å²) < 4.78 is 0. The van der Waals surface area contributed by atoms with E-state index in [1.165, 1.54) is 5.56 Å². The van der Waals surface area contributed by atoms with Gasteiger partial charge in [0.1, 0.15) is 0 Å². The molecule has 1 aromatic rings. The molecule has 0 radical (unpaired) electrons. The van der Waals surface area contributed by atoms with Gasteiger partial charge in [0.25, 0.3) is 0 Å². The minimum atomic E-state index is 0.227. The van der Waals surface area contributed by atoms with Gasteiger partial charge < -0.3 is 5.32 Å². The van der Waals surface area contributed by atoms with Gasteiger partial charge in [-0.2, -0.15) is 0 Å². The number of rotatable bonds is 4. The fourth-order valence-corrected chi connectivity index (χ4v) is 1.95. The van der Waals surface area contributed by atoms with Gasteiger partial charge in [-0.1, -0.05) is 65.0 Å². The van der Waals surface area contributed by atoms with Crippen molar-refractivity contribution < 1.29 is 0 Å². The molecule has 0 aliphatic carbocycles. The average molecular weight is 233 g/mol. The van der Waals surface area contributed by atoms with Crippen LogP contribution in [0.2, 0.25) is 0 Å². The summed E-state index contributed by atoms with van der Waals surface area (Å²) in [5.41, 5.74) is 1.61. The largest absolute Gasteiger partial charge is 0.307 e. The lowest BCUT2D eigenvalue weighted by molar-refractivity contribution is 0.234. The quantitative estimate of drug-likeness (QED) is 0.812. The summed E-state index contributed by atoms with van der Waals surface area (Å²) in [6.07, 6.45) is 0. The molecule has 1 nitrogen and oxygen atoms in total. The minimum Gasteiger partial charge on any atom is -0.307 e. The highest BCUT2D eigenvalue weighted by molar-refractivity contribution is 5.21. The second-order valence-corrected chi connectivity index (χ2v) is 6.41. The molecule has 0 aromatic heterocycles. The average Bonchev–Trinajstić information content (AvgIpc) is 2.25. The zero-order chi connectivity index (χ0) is 13.1. The SMILES string of the molecule is CC(C)C(C)NC(c1ccccc1)C(C)(C)C. The van der Waals surface area contributed by atoms with Gasteiger partial charge in [-0.3, -0.25) is 0 Å². The molecule has 0 heterocycles. The van der Waals surface area contributed by atoms with E-state index in [2.05, 4.69) is 77.2 Å². The Kier molecular flexibility index (Phi) is 4.76. The Morgan fingerprint density at radius 3 is 1.88 bits per heavy atom. The molecule has 0 aliphatic rings. The summed E-state index contributed by atoms with van der Waals surface area (Å²) in [6, 6.07) is 11.7. The Bertz CT molecular complexity index is 321. The third kappa shape index (κ3) is 4.16. The van der Waals surface area contributed by atoms with Crippen LogP contribution in [0, 0.1) is 11.3 Å². The van der Waals surface area contributed by atoms with E-state index in [1.807, 2.05) is 0 Å². The van der Waals surface area contributed by atoms with E-state index in [0.717, 1.165) is 0 Å². The number of benzene rings is 1. The third-order valence-corrected chi connectivity index (χ3v) is 3.43. The summed E-state index contributed by atoms with van der Waals surface area (Å²) in [4.78, 5) is 0. The van der Waals surface area contributed by atoms with Crippen molar-refractivity contribution in [3.63, 3.8) is 0 Å². The highest BCUT2D eigenvalue weighted by atomic mass is 15.0. The molecular formula is C16H27N. The van der Waals surface area contributed by atoms with Crippen LogP contribution >= 0.6 is 0 Å². The van der Waals surface area contributed by atoms with E-state index < -0.39 is 0 Å². The molecule has 1 heteroatoms. The van der Waals surface area contributed by atoms with Crippen LogP contribution in [0.5, 0.6) is 0 Å². The van der Waals surface area contributed by atoms with Crippen molar-refractivity contribution in [2.45, 2.75) is 53.6 Å². The first-order valence-corrected chi connectivity index (χ1v) is 6.63. The van der Waals surface area contributed by atoms with Crippen molar-refractivity contribution >= 4 is 0 Å². The first kappa shape index (κ1) is 14.2. The maximum Gasteiger partial charge on any atom is 0.0371 e. The first-order chi connectivity index (χ1) is 7.82. The van der Waals surface area contributed by atoms with Crippen molar-refractivity contribution in [2.24, 2.45) is 11.3 Å². The molecule has 0 aliphatic heterocycles. The second-order valence-electron chi connectivity index (χ2n) is 6.41. The second kappa shape index (κ2) is 5.68. The fourth-order valence-electron chi connectivity index (χ4n) is 1.95. The Labute approximate surface area is 107 Å². The lowest BCUT2D eigenvalue weighted by Crippen LogP contribution is -2.40. The number of nitrogens with one attached hydrogen (secondary N) is 1. The van der Waals surface area contributed by atoms with Crippen molar-refractivity contribution in [3.8, 4) is 0 Å². The minimum absolute atomic E-state index is 0.227. The van der Waals surface area contributed by atoms with Gasteiger partial charge in [-0.15, -0.1) is 0 Å². The summed E-state index contributed by atoms with van der Waals surface area (Å²) >= 11 is 0. The normalized spacial score (nSPS) is 15.9. The summed E-state index contributed by atoms with van der Waals surface area (Å²) in [5.74, 6) is 0.656. The van der Waals surface area contributed by atoms with Gasteiger partial charge in [-0.05, 0) is 23.8 Å². The summed E-state index contributed by atoms with van der Waals surface area (Å²) in [6.45, 7) is 13.7. The molecule has 17 heavy (non-hydrogen) atoms. The topological polar surface area (TPSA) is 12.0 Å². The van der Waals surface area contributed by atoms with E-state index >= 15 is 0 Å². The Hall–Kier alpha value is -0.820. The van der Waals surface area contributed by atoms with Gasteiger partial charge in [0.05, 0.1) is 0 Å². The van der Waals surface area contributed by atoms with Crippen LogP contribution < -0.4 is 5.32 Å². The predicted octanol–water partition coefficient (Wildman–Crippen LogP) is 4.41. The highest BCUT2D eigenvalue weighted by Gasteiger charge is 2.27. The predicted molar refractivity (Wildman–Crippen MR) is 76.1 cm³/mol. The molecule has 0 spiro atoms. The van der Waals surface area contributed by atoms with Crippen LogP contribution in [0.1, 0.15) is 53.1 Å². The third-order valence-electron chi connectivity index (χ3n) is 3.43. The molecule has 1 N–H and O–H groups in total. The molecule has 96 valence electrons. The number of hydrogen-bond acceptors (Lipinski definition) is 1. The van der Waals surface area contributed by atoms with E-state index in [-0.39, 0.29) is 5.41 Å². The molecule has 0 bridgehead atoms. The van der Waals surface area contributed by atoms with Gasteiger partial charge in [-0.25, -0.2) is 0 Å². The standard InChI is InChI=1S/C16H27N/c1-12(2)13(3)17-15(16(4,5)6)14-10-8-7-9-11-14/h7-13,15,17H,1-6H3. The van der Waals surface area contributed by atoms with Crippen molar-refractivity contribution in [1.29, 1.82) is 0 Å². The maximum absolute atomic E-state index is 3.77. The van der Waals surface area contributed by atoms with Crippen LogP contribution in [-0.2, 0) is 0 Å². The van der Waals surface area contributed by atoms with Crippen LogP contribution in [0.25, 0.3) is 0 Å². The lowest BCUT2D eigenvalue weighted by atomic mass is 9.81. The Morgan fingerprint density at radius 1 is 0.941 bits per heavy atom. The van der Waals surface area contributed by atoms with Gasteiger partial charge >= 0.3 is 0 Å². The Morgan fingerprint density at radius 2 is 1.47 bits per heavy atom. The van der Waals surface area contributed by atoms with E-state index in [1.54, 1.807) is 0 Å². The van der Waals surface area contributed by atoms with Crippen LogP contribution in [0.15, 0.2) is 30.3 Å². The Balaban J connectivity index is 2.90. The van der Waals surface area contributed by atoms with E-state index in [9.17, 15) is 0 Å². The molecule has 1 aromatic carbocycles. The van der Waals surface area contributed by atoms with Crippen LogP contribution in [-0.4, -0.2) is 6.04 Å². The monoisotopic (exact) mass is 233 g/mol. The summed E-state index contributed by atoms with van der Waals surface area (Å²) in [7, 11) is 0. The summed E-state index contributed by atoms with van der Waals surface area (Å²) in [5, 5.41) is 3.77. The smallest absolute Gasteiger partial charge is 0.0371 e.